The summed E-state index contributed by atoms with van der Waals surface area (Å²) in [6.07, 6.45) is 1.59. The number of fused-ring (bicyclic) bond motifs is 2. The number of nitrogens with zero attached hydrogens (tertiary/aromatic N) is 5. The van der Waals surface area contributed by atoms with Crippen molar-refractivity contribution in [1.29, 1.82) is 0 Å². The van der Waals surface area contributed by atoms with Crippen molar-refractivity contribution in [2.75, 3.05) is 11.5 Å². The van der Waals surface area contributed by atoms with Gasteiger partial charge in [-0.1, -0.05) is 41.9 Å². The molecule has 4 aromatic rings. The molecule has 2 aromatic carbocycles. The summed E-state index contributed by atoms with van der Waals surface area (Å²) in [5.41, 5.74) is 13.6. The van der Waals surface area contributed by atoms with Gasteiger partial charge in [0, 0.05) is 27.9 Å². The topological polar surface area (TPSA) is 150 Å². The van der Waals surface area contributed by atoms with E-state index in [0.717, 1.165) is 0 Å². The van der Waals surface area contributed by atoms with Crippen molar-refractivity contribution in [2.45, 2.75) is 0 Å². The SMILES string of the molecule is Nc1nc(-c2ccccn2)nc(N)c1/N=N/c1cc(Cl)cc2c1C(=O)c1ccccc1C2=O. The number of nitrogen functional groups attached to an aromatic ring is 2. The number of rotatable bonds is 3. The van der Waals surface area contributed by atoms with Crippen LogP contribution in [0.3, 0.4) is 0 Å². The quantitative estimate of drug-likeness (QED) is 0.379. The Morgan fingerprint density at radius 1 is 0.788 bits per heavy atom. The van der Waals surface area contributed by atoms with E-state index in [-0.39, 0.29) is 62.1 Å². The second-order valence-corrected chi connectivity index (χ2v) is 7.57. The molecule has 1 aliphatic rings. The molecule has 2 aromatic heterocycles. The van der Waals surface area contributed by atoms with Crippen LogP contribution >= 0.6 is 11.6 Å². The standard InChI is InChI=1S/C23H14ClN7O2/c24-11-9-14-17(20(33)13-6-2-1-5-12(13)19(14)32)16(10-11)30-31-18-21(25)28-23(29-22(18)26)15-7-3-4-8-27-15/h1-10H,(H4,25,26,28,29)/b31-30+. The van der Waals surface area contributed by atoms with Crippen LogP contribution in [0.4, 0.5) is 23.0 Å². The maximum absolute atomic E-state index is 13.2. The Labute approximate surface area is 192 Å². The third-order valence-electron chi connectivity index (χ3n) is 5.06. The van der Waals surface area contributed by atoms with E-state index in [1.54, 1.807) is 48.7 Å². The summed E-state index contributed by atoms with van der Waals surface area (Å²) >= 11 is 6.21. The molecule has 0 saturated heterocycles. The monoisotopic (exact) mass is 455 g/mol. The summed E-state index contributed by atoms with van der Waals surface area (Å²) in [6, 6.07) is 14.7. The zero-order valence-electron chi connectivity index (χ0n) is 16.9. The van der Waals surface area contributed by atoms with Gasteiger partial charge in [0.05, 0.1) is 11.3 Å². The van der Waals surface area contributed by atoms with Crippen LogP contribution in [0.25, 0.3) is 11.5 Å². The van der Waals surface area contributed by atoms with Crippen LogP contribution in [-0.2, 0) is 0 Å². The highest BCUT2D eigenvalue weighted by Crippen LogP contribution is 2.37. The number of carbonyl (C=O) groups is 2. The molecule has 0 spiro atoms. The summed E-state index contributed by atoms with van der Waals surface area (Å²) in [7, 11) is 0. The van der Waals surface area contributed by atoms with Gasteiger partial charge in [-0.05, 0) is 24.3 Å². The highest BCUT2D eigenvalue weighted by Gasteiger charge is 2.32. The number of pyridine rings is 1. The Bertz CT molecular complexity index is 1460. The zero-order valence-corrected chi connectivity index (χ0v) is 17.6. The molecular formula is C23H14ClN7O2. The number of hydrogen-bond donors (Lipinski definition) is 2. The lowest BCUT2D eigenvalue weighted by Crippen LogP contribution is -2.20. The van der Waals surface area contributed by atoms with Gasteiger partial charge in [-0.3, -0.25) is 14.6 Å². The Balaban J connectivity index is 1.59. The van der Waals surface area contributed by atoms with E-state index in [4.69, 9.17) is 23.1 Å². The molecule has 0 radical (unpaired) electrons. The molecule has 0 saturated carbocycles. The number of nitrogens with two attached hydrogens (primary N) is 2. The number of carbonyl (C=O) groups excluding carboxylic acids is 2. The van der Waals surface area contributed by atoms with Crippen LogP contribution < -0.4 is 11.5 Å². The second-order valence-electron chi connectivity index (χ2n) is 7.13. The number of halogens is 1. The average molecular weight is 456 g/mol. The minimum Gasteiger partial charge on any atom is -0.382 e. The van der Waals surface area contributed by atoms with Crippen molar-refractivity contribution < 1.29 is 9.59 Å². The van der Waals surface area contributed by atoms with E-state index in [1.807, 2.05) is 0 Å². The fourth-order valence-corrected chi connectivity index (χ4v) is 3.77. The number of benzene rings is 2. The lowest BCUT2D eigenvalue weighted by Gasteiger charge is -2.18. The number of azo groups is 1. The largest absolute Gasteiger partial charge is 0.382 e. The molecular weight excluding hydrogens is 442 g/mol. The predicted molar refractivity (Wildman–Crippen MR) is 123 cm³/mol. The summed E-state index contributed by atoms with van der Waals surface area (Å²) in [6.45, 7) is 0. The molecule has 10 heteroatoms. The lowest BCUT2D eigenvalue weighted by molar-refractivity contribution is 0.0979. The first kappa shape index (κ1) is 20.4. The zero-order chi connectivity index (χ0) is 23.1. The van der Waals surface area contributed by atoms with Crippen molar-refractivity contribution in [3.05, 3.63) is 88.1 Å². The average Bonchev–Trinajstić information content (AvgIpc) is 2.82. The highest BCUT2D eigenvalue weighted by atomic mass is 35.5. The molecule has 0 fully saturated rings. The normalized spacial score (nSPS) is 12.6. The molecule has 0 bridgehead atoms. The maximum Gasteiger partial charge on any atom is 0.196 e. The van der Waals surface area contributed by atoms with Gasteiger partial charge in [0.25, 0.3) is 0 Å². The van der Waals surface area contributed by atoms with E-state index in [0.29, 0.717) is 11.3 Å². The van der Waals surface area contributed by atoms with Crippen LogP contribution in [0.5, 0.6) is 0 Å². The Hall–Kier alpha value is -4.50. The molecule has 5 rings (SSSR count). The fourth-order valence-electron chi connectivity index (χ4n) is 3.55. The van der Waals surface area contributed by atoms with Crippen LogP contribution in [0.2, 0.25) is 5.02 Å². The van der Waals surface area contributed by atoms with Crippen LogP contribution in [-0.4, -0.2) is 26.5 Å². The molecule has 0 unspecified atom stereocenters. The fraction of sp³-hybridized carbons (Fsp3) is 0. The predicted octanol–water partition coefficient (Wildman–Crippen LogP) is 4.55. The van der Waals surface area contributed by atoms with Crippen molar-refractivity contribution in [1.82, 2.24) is 15.0 Å². The smallest absolute Gasteiger partial charge is 0.196 e. The summed E-state index contributed by atoms with van der Waals surface area (Å²) in [4.78, 5) is 38.7. The summed E-state index contributed by atoms with van der Waals surface area (Å²) in [5, 5.41) is 8.45. The Morgan fingerprint density at radius 3 is 2.12 bits per heavy atom. The van der Waals surface area contributed by atoms with Crippen molar-refractivity contribution in [3.63, 3.8) is 0 Å². The first-order valence-corrected chi connectivity index (χ1v) is 10.1. The van der Waals surface area contributed by atoms with Crippen molar-refractivity contribution in [3.8, 4) is 11.5 Å². The van der Waals surface area contributed by atoms with Gasteiger partial charge in [-0.15, -0.1) is 10.2 Å². The van der Waals surface area contributed by atoms with Gasteiger partial charge in [0.15, 0.2) is 34.7 Å². The first-order chi connectivity index (χ1) is 15.9. The summed E-state index contributed by atoms with van der Waals surface area (Å²) in [5.74, 6) is -0.470. The van der Waals surface area contributed by atoms with Crippen LogP contribution in [0.15, 0.2) is 71.0 Å². The van der Waals surface area contributed by atoms with Gasteiger partial charge >= 0.3 is 0 Å². The third kappa shape index (κ3) is 3.50. The molecule has 9 nitrogen and oxygen atoms in total. The lowest BCUT2D eigenvalue weighted by atomic mass is 9.83. The maximum atomic E-state index is 13.2. The second kappa shape index (κ2) is 7.88. The Kier molecular flexibility index (Phi) is 4.87. The van der Waals surface area contributed by atoms with Crippen molar-refractivity contribution >= 4 is 46.2 Å². The molecule has 0 aliphatic heterocycles. The summed E-state index contributed by atoms with van der Waals surface area (Å²) < 4.78 is 0. The molecule has 0 amide bonds. The van der Waals surface area contributed by atoms with Gasteiger partial charge < -0.3 is 11.5 Å². The van der Waals surface area contributed by atoms with Crippen LogP contribution in [0.1, 0.15) is 31.8 Å². The van der Waals surface area contributed by atoms with E-state index < -0.39 is 0 Å². The molecule has 0 atom stereocenters. The molecule has 4 N–H and O–H groups in total. The van der Waals surface area contributed by atoms with Gasteiger partial charge in [0.1, 0.15) is 5.69 Å². The highest BCUT2D eigenvalue weighted by molar-refractivity contribution is 6.34. The van der Waals surface area contributed by atoms with Gasteiger partial charge in [-0.25, -0.2) is 9.97 Å². The van der Waals surface area contributed by atoms with Crippen molar-refractivity contribution in [2.24, 2.45) is 10.2 Å². The Morgan fingerprint density at radius 2 is 1.45 bits per heavy atom. The molecule has 1 aliphatic carbocycles. The van der Waals surface area contributed by atoms with E-state index in [2.05, 4.69) is 25.2 Å². The first-order valence-electron chi connectivity index (χ1n) is 9.72. The van der Waals surface area contributed by atoms with Gasteiger partial charge in [0.2, 0.25) is 0 Å². The third-order valence-corrected chi connectivity index (χ3v) is 5.28. The number of aromatic nitrogens is 3. The molecule has 2 heterocycles. The van der Waals surface area contributed by atoms with Crippen LogP contribution in [0, 0.1) is 0 Å². The minimum atomic E-state index is -0.353. The number of anilines is 2. The number of hydrogen-bond acceptors (Lipinski definition) is 9. The molecule has 33 heavy (non-hydrogen) atoms. The van der Waals surface area contributed by atoms with Gasteiger partial charge in [-0.2, -0.15) is 0 Å². The van der Waals surface area contributed by atoms with E-state index in [1.165, 1.54) is 12.1 Å². The number of ketones is 2. The minimum absolute atomic E-state index is 0.0180. The van der Waals surface area contributed by atoms with E-state index >= 15 is 0 Å². The van der Waals surface area contributed by atoms with E-state index in [9.17, 15) is 9.59 Å². The molecule has 160 valence electrons.